The lowest BCUT2D eigenvalue weighted by atomic mass is 10.1. The largest absolute Gasteiger partial charge is 0.381 e. The number of carbonyl (C=O) groups is 1. The van der Waals surface area contributed by atoms with Crippen LogP contribution in [0.4, 0.5) is 0 Å². The molecular weight excluding hydrogens is 228 g/mol. The van der Waals surface area contributed by atoms with Crippen LogP contribution in [0.3, 0.4) is 0 Å². The molecule has 0 saturated heterocycles. The van der Waals surface area contributed by atoms with Crippen LogP contribution in [-0.2, 0) is 11.3 Å². The molecule has 4 heteroatoms. The van der Waals surface area contributed by atoms with E-state index >= 15 is 0 Å². The summed E-state index contributed by atoms with van der Waals surface area (Å²) in [6.45, 7) is 4.64. The standard InChI is InChI=1S/C14H22N2O2/c1-2-8-18-9-4-7-16-14(17)13-6-3-5-12(10-13)11-15/h3,5-6,10H,2,4,7-9,11,15H2,1H3,(H,16,17). The van der Waals surface area contributed by atoms with E-state index in [1.807, 2.05) is 18.2 Å². The van der Waals surface area contributed by atoms with Crippen LogP contribution in [0.1, 0.15) is 35.7 Å². The summed E-state index contributed by atoms with van der Waals surface area (Å²) >= 11 is 0. The lowest BCUT2D eigenvalue weighted by molar-refractivity contribution is 0.0941. The fourth-order valence-electron chi connectivity index (χ4n) is 1.56. The smallest absolute Gasteiger partial charge is 0.251 e. The molecule has 100 valence electrons. The molecule has 0 aliphatic carbocycles. The van der Waals surface area contributed by atoms with E-state index < -0.39 is 0 Å². The average Bonchev–Trinajstić information content (AvgIpc) is 2.42. The molecule has 0 atom stereocenters. The maximum absolute atomic E-state index is 11.8. The molecule has 0 aliphatic rings. The zero-order chi connectivity index (χ0) is 13.2. The maximum Gasteiger partial charge on any atom is 0.251 e. The predicted octanol–water partition coefficient (Wildman–Crippen LogP) is 1.69. The number of hydrogen-bond acceptors (Lipinski definition) is 3. The minimum Gasteiger partial charge on any atom is -0.381 e. The molecule has 1 aromatic carbocycles. The Hall–Kier alpha value is -1.39. The Morgan fingerprint density at radius 1 is 1.39 bits per heavy atom. The van der Waals surface area contributed by atoms with Crippen molar-refractivity contribution in [3.05, 3.63) is 35.4 Å². The zero-order valence-electron chi connectivity index (χ0n) is 10.9. The zero-order valence-corrected chi connectivity index (χ0v) is 10.9. The van der Waals surface area contributed by atoms with Crippen LogP contribution in [0.15, 0.2) is 24.3 Å². The lowest BCUT2D eigenvalue weighted by Crippen LogP contribution is -2.25. The predicted molar refractivity (Wildman–Crippen MR) is 72.4 cm³/mol. The summed E-state index contributed by atoms with van der Waals surface area (Å²) in [6, 6.07) is 7.38. The molecular formula is C14H22N2O2. The number of ether oxygens (including phenoxy) is 1. The minimum atomic E-state index is -0.0548. The van der Waals surface area contributed by atoms with Gasteiger partial charge < -0.3 is 15.8 Å². The van der Waals surface area contributed by atoms with Gasteiger partial charge >= 0.3 is 0 Å². The summed E-state index contributed by atoms with van der Waals surface area (Å²) in [6.07, 6.45) is 1.86. The van der Waals surface area contributed by atoms with Gasteiger partial charge in [-0.25, -0.2) is 0 Å². The molecule has 0 unspecified atom stereocenters. The topological polar surface area (TPSA) is 64.3 Å². The summed E-state index contributed by atoms with van der Waals surface area (Å²) < 4.78 is 5.34. The molecule has 0 saturated carbocycles. The normalized spacial score (nSPS) is 10.3. The summed E-state index contributed by atoms with van der Waals surface area (Å²) in [7, 11) is 0. The van der Waals surface area contributed by atoms with Gasteiger partial charge in [-0.1, -0.05) is 19.1 Å². The number of nitrogens with one attached hydrogen (secondary N) is 1. The number of amides is 1. The van der Waals surface area contributed by atoms with Gasteiger partial charge in [0.15, 0.2) is 0 Å². The molecule has 0 bridgehead atoms. The van der Waals surface area contributed by atoms with Crippen molar-refractivity contribution < 1.29 is 9.53 Å². The van der Waals surface area contributed by atoms with Crippen LogP contribution in [0.2, 0.25) is 0 Å². The fourth-order valence-corrected chi connectivity index (χ4v) is 1.56. The molecule has 1 amide bonds. The second-order valence-electron chi connectivity index (χ2n) is 4.13. The number of nitrogens with two attached hydrogens (primary N) is 1. The molecule has 0 spiro atoms. The third kappa shape index (κ3) is 5.29. The Balaban J connectivity index is 2.27. The van der Waals surface area contributed by atoms with E-state index in [0.29, 0.717) is 25.3 Å². The van der Waals surface area contributed by atoms with E-state index in [2.05, 4.69) is 12.2 Å². The SMILES string of the molecule is CCCOCCCNC(=O)c1cccc(CN)c1. The molecule has 0 aromatic heterocycles. The molecule has 1 aromatic rings. The maximum atomic E-state index is 11.8. The van der Waals surface area contributed by atoms with Gasteiger partial charge in [-0.15, -0.1) is 0 Å². The Labute approximate surface area is 109 Å². The van der Waals surface area contributed by atoms with Gasteiger partial charge in [0, 0.05) is 31.9 Å². The van der Waals surface area contributed by atoms with Crippen molar-refractivity contribution in [3.63, 3.8) is 0 Å². The van der Waals surface area contributed by atoms with Crippen molar-refractivity contribution in [2.75, 3.05) is 19.8 Å². The highest BCUT2D eigenvalue weighted by molar-refractivity contribution is 5.94. The van der Waals surface area contributed by atoms with E-state index in [9.17, 15) is 4.79 Å². The first kappa shape index (κ1) is 14.7. The number of carbonyl (C=O) groups excluding carboxylic acids is 1. The van der Waals surface area contributed by atoms with Crippen molar-refractivity contribution in [3.8, 4) is 0 Å². The Kier molecular flexibility index (Phi) is 7.06. The third-order valence-electron chi connectivity index (χ3n) is 2.52. The first-order valence-corrected chi connectivity index (χ1v) is 6.43. The van der Waals surface area contributed by atoms with Crippen molar-refractivity contribution in [1.29, 1.82) is 0 Å². The highest BCUT2D eigenvalue weighted by atomic mass is 16.5. The highest BCUT2D eigenvalue weighted by Crippen LogP contribution is 2.04. The van der Waals surface area contributed by atoms with Crippen LogP contribution in [0, 0.1) is 0 Å². The van der Waals surface area contributed by atoms with E-state index in [4.69, 9.17) is 10.5 Å². The third-order valence-corrected chi connectivity index (χ3v) is 2.52. The molecule has 18 heavy (non-hydrogen) atoms. The quantitative estimate of drug-likeness (QED) is 0.690. The van der Waals surface area contributed by atoms with Crippen LogP contribution in [0.5, 0.6) is 0 Å². The Morgan fingerprint density at radius 3 is 2.94 bits per heavy atom. The van der Waals surface area contributed by atoms with Gasteiger partial charge in [0.1, 0.15) is 0 Å². The molecule has 4 nitrogen and oxygen atoms in total. The molecule has 3 N–H and O–H groups in total. The number of hydrogen-bond donors (Lipinski definition) is 2. The van der Waals surface area contributed by atoms with Crippen LogP contribution in [-0.4, -0.2) is 25.7 Å². The van der Waals surface area contributed by atoms with Crippen molar-refractivity contribution >= 4 is 5.91 Å². The van der Waals surface area contributed by atoms with Gasteiger partial charge in [-0.2, -0.15) is 0 Å². The monoisotopic (exact) mass is 250 g/mol. The van der Waals surface area contributed by atoms with Gasteiger partial charge in [0.2, 0.25) is 0 Å². The molecule has 0 aliphatic heterocycles. The molecule has 1 rings (SSSR count). The summed E-state index contributed by atoms with van der Waals surface area (Å²) in [4.78, 5) is 11.8. The van der Waals surface area contributed by atoms with E-state index in [1.165, 1.54) is 0 Å². The second-order valence-corrected chi connectivity index (χ2v) is 4.13. The van der Waals surface area contributed by atoms with Crippen LogP contribution >= 0.6 is 0 Å². The lowest BCUT2D eigenvalue weighted by Gasteiger charge is -2.06. The molecule has 0 fully saturated rings. The van der Waals surface area contributed by atoms with Crippen molar-refractivity contribution in [2.45, 2.75) is 26.3 Å². The van der Waals surface area contributed by atoms with Gasteiger partial charge in [-0.05, 0) is 30.5 Å². The van der Waals surface area contributed by atoms with Gasteiger partial charge in [0.05, 0.1) is 0 Å². The van der Waals surface area contributed by atoms with Crippen LogP contribution < -0.4 is 11.1 Å². The van der Waals surface area contributed by atoms with Crippen molar-refractivity contribution in [2.24, 2.45) is 5.73 Å². The Morgan fingerprint density at radius 2 is 2.22 bits per heavy atom. The first-order valence-electron chi connectivity index (χ1n) is 6.43. The summed E-state index contributed by atoms with van der Waals surface area (Å²) in [5.41, 5.74) is 7.17. The van der Waals surface area contributed by atoms with Crippen molar-refractivity contribution in [1.82, 2.24) is 5.32 Å². The van der Waals surface area contributed by atoms with E-state index in [0.717, 1.165) is 25.0 Å². The number of benzene rings is 1. The minimum absolute atomic E-state index is 0.0548. The summed E-state index contributed by atoms with van der Waals surface area (Å²) in [5, 5.41) is 2.87. The molecule has 0 radical (unpaired) electrons. The van der Waals surface area contributed by atoms with E-state index in [1.54, 1.807) is 6.07 Å². The van der Waals surface area contributed by atoms with Gasteiger partial charge in [0.25, 0.3) is 5.91 Å². The first-order chi connectivity index (χ1) is 8.77. The number of rotatable bonds is 8. The fraction of sp³-hybridized carbons (Fsp3) is 0.500. The van der Waals surface area contributed by atoms with Crippen LogP contribution in [0.25, 0.3) is 0 Å². The second kappa shape index (κ2) is 8.66. The van der Waals surface area contributed by atoms with Gasteiger partial charge in [-0.3, -0.25) is 4.79 Å². The summed E-state index contributed by atoms with van der Waals surface area (Å²) in [5.74, 6) is -0.0548. The van der Waals surface area contributed by atoms with E-state index in [-0.39, 0.29) is 5.91 Å². The Bertz CT molecular complexity index is 367. The highest BCUT2D eigenvalue weighted by Gasteiger charge is 2.04. The average molecular weight is 250 g/mol. The molecule has 0 heterocycles.